The van der Waals surface area contributed by atoms with Gasteiger partial charge in [0.1, 0.15) is 0 Å². The molecule has 4 fully saturated rings. The smallest absolute Gasteiger partial charge is 0.309 e. The molecule has 7 nitrogen and oxygen atoms in total. The number of hydrogen-bond donors (Lipinski definition) is 0. The topological polar surface area (TPSA) is 90.2 Å². The molecule has 4 rings (SSSR count). The second-order valence-corrected chi connectivity index (χ2v) is 10.4. The van der Waals surface area contributed by atoms with E-state index in [-0.39, 0.29) is 24.1 Å². The molecule has 8 atom stereocenters. The first-order valence-electron chi connectivity index (χ1n) is 13.3. The van der Waals surface area contributed by atoms with E-state index < -0.39 is 11.8 Å². The maximum absolute atomic E-state index is 12.7. The van der Waals surface area contributed by atoms with Crippen LogP contribution in [0.15, 0.2) is 0 Å². The number of epoxide rings is 3. The van der Waals surface area contributed by atoms with Crippen LogP contribution in [0.25, 0.3) is 0 Å². The predicted molar refractivity (Wildman–Crippen MR) is 122 cm³/mol. The number of hydrogen-bond acceptors (Lipinski definition) is 7. The van der Waals surface area contributed by atoms with Crippen LogP contribution in [0.1, 0.15) is 90.9 Å². The van der Waals surface area contributed by atoms with Crippen molar-refractivity contribution in [2.45, 2.75) is 128 Å². The lowest BCUT2D eigenvalue weighted by Gasteiger charge is -2.26. The molecule has 0 amide bonds. The zero-order valence-electron chi connectivity index (χ0n) is 20.4. The Kier molecular flexibility index (Phi) is 9.05. The Hall–Kier alpha value is -1.18. The second-order valence-electron chi connectivity index (χ2n) is 10.4. The predicted octanol–water partition coefficient (Wildman–Crippen LogP) is 4.34. The van der Waals surface area contributed by atoms with Crippen molar-refractivity contribution in [2.24, 2.45) is 11.8 Å². The number of carbonyl (C=O) groups excluding carboxylic acids is 2. The largest absolute Gasteiger partial charge is 0.465 e. The molecule has 0 bridgehead atoms. The van der Waals surface area contributed by atoms with Gasteiger partial charge in [-0.15, -0.1) is 0 Å². The minimum absolute atomic E-state index is 0.108. The summed E-state index contributed by atoms with van der Waals surface area (Å²) in [6, 6.07) is 0. The first kappa shape index (κ1) is 24.9. The Balaban J connectivity index is 1.06. The molecule has 3 aliphatic heterocycles. The summed E-state index contributed by atoms with van der Waals surface area (Å²) in [7, 11) is 0. The third kappa shape index (κ3) is 7.93. The van der Waals surface area contributed by atoms with E-state index in [1.807, 2.05) is 0 Å². The summed E-state index contributed by atoms with van der Waals surface area (Å²) in [5.74, 6) is -1.39. The van der Waals surface area contributed by atoms with Crippen molar-refractivity contribution in [1.82, 2.24) is 0 Å². The fraction of sp³-hybridized carbons (Fsp3) is 0.923. The van der Waals surface area contributed by atoms with Gasteiger partial charge in [-0.25, -0.2) is 0 Å². The second kappa shape index (κ2) is 12.0. The maximum atomic E-state index is 12.7. The van der Waals surface area contributed by atoms with Gasteiger partial charge in [0.25, 0.3) is 0 Å². The third-order valence-electron chi connectivity index (χ3n) is 7.68. The van der Waals surface area contributed by atoms with Crippen LogP contribution >= 0.6 is 0 Å². The van der Waals surface area contributed by atoms with Crippen LogP contribution in [0.2, 0.25) is 0 Å². The van der Waals surface area contributed by atoms with Crippen LogP contribution in [0, 0.1) is 11.8 Å². The molecule has 4 aliphatic rings. The highest BCUT2D eigenvalue weighted by Crippen LogP contribution is 2.44. The highest BCUT2D eigenvalue weighted by atomic mass is 16.6. The van der Waals surface area contributed by atoms with Crippen molar-refractivity contribution in [1.29, 1.82) is 0 Å². The monoisotopic (exact) mass is 466 g/mol. The minimum atomic E-state index is -0.435. The average molecular weight is 467 g/mol. The van der Waals surface area contributed by atoms with Gasteiger partial charge in [-0.05, 0) is 52.4 Å². The standard InChI is InChI=1S/C26H42O7/c1-17-21(31-17)11-7-3-5-9-13-29-25(27)19-15-23-24(33-23)16-20(19)26(28)30-14-10-6-4-8-12-22-18(2)32-22/h17-24H,3-16H2,1-2H3. The zero-order chi connectivity index (χ0) is 23.2. The van der Waals surface area contributed by atoms with Crippen molar-refractivity contribution in [2.75, 3.05) is 13.2 Å². The van der Waals surface area contributed by atoms with Crippen molar-refractivity contribution in [3.8, 4) is 0 Å². The average Bonchev–Trinajstić information content (AvgIpc) is 3.72. The molecular formula is C26H42O7. The molecule has 8 unspecified atom stereocenters. The van der Waals surface area contributed by atoms with Crippen molar-refractivity contribution in [3.63, 3.8) is 0 Å². The molecule has 0 aromatic carbocycles. The van der Waals surface area contributed by atoms with Gasteiger partial charge >= 0.3 is 11.9 Å². The summed E-state index contributed by atoms with van der Waals surface area (Å²) in [4.78, 5) is 25.4. The molecule has 0 aromatic heterocycles. The van der Waals surface area contributed by atoms with Crippen LogP contribution in [-0.4, -0.2) is 61.8 Å². The normalized spacial score (nSPS) is 36.1. The first-order valence-corrected chi connectivity index (χ1v) is 13.3. The molecule has 188 valence electrons. The molecule has 33 heavy (non-hydrogen) atoms. The Morgan fingerprint density at radius 2 is 1.03 bits per heavy atom. The van der Waals surface area contributed by atoms with Gasteiger partial charge in [0, 0.05) is 0 Å². The molecule has 3 saturated heterocycles. The van der Waals surface area contributed by atoms with E-state index in [4.69, 9.17) is 23.7 Å². The van der Waals surface area contributed by atoms with Gasteiger partial charge in [-0.1, -0.05) is 38.5 Å². The van der Waals surface area contributed by atoms with Crippen molar-refractivity contribution >= 4 is 11.9 Å². The summed E-state index contributed by atoms with van der Waals surface area (Å²) in [5.41, 5.74) is 0. The van der Waals surface area contributed by atoms with Gasteiger partial charge in [-0.2, -0.15) is 0 Å². The van der Waals surface area contributed by atoms with Crippen LogP contribution in [-0.2, 0) is 33.3 Å². The summed E-state index contributed by atoms with van der Waals surface area (Å²) in [6.45, 7) is 5.07. The van der Waals surface area contributed by atoms with Crippen molar-refractivity contribution in [3.05, 3.63) is 0 Å². The first-order chi connectivity index (χ1) is 16.0. The number of carbonyl (C=O) groups is 2. The van der Waals surface area contributed by atoms with E-state index in [2.05, 4.69) is 13.8 Å². The number of ether oxygens (including phenoxy) is 5. The fourth-order valence-corrected chi connectivity index (χ4v) is 5.17. The highest BCUT2D eigenvalue weighted by Gasteiger charge is 2.53. The Labute approximate surface area is 198 Å². The maximum Gasteiger partial charge on any atom is 0.309 e. The summed E-state index contributed by atoms with van der Waals surface area (Å²) in [5, 5.41) is 0. The molecular weight excluding hydrogens is 424 g/mol. The van der Waals surface area contributed by atoms with Gasteiger partial charge in [0.2, 0.25) is 0 Å². The molecule has 0 radical (unpaired) electrons. The van der Waals surface area contributed by atoms with Crippen LogP contribution in [0.5, 0.6) is 0 Å². The molecule has 0 aromatic rings. The highest BCUT2D eigenvalue weighted by molar-refractivity contribution is 5.82. The van der Waals surface area contributed by atoms with E-state index in [0.29, 0.717) is 50.5 Å². The quantitative estimate of drug-likeness (QED) is 0.190. The molecule has 1 aliphatic carbocycles. The van der Waals surface area contributed by atoms with Gasteiger partial charge in [-0.3, -0.25) is 9.59 Å². The number of rotatable bonds is 16. The molecule has 0 N–H and O–H groups in total. The van der Waals surface area contributed by atoms with Crippen LogP contribution < -0.4 is 0 Å². The Bertz CT molecular complexity index is 599. The molecule has 0 spiro atoms. The number of esters is 2. The molecule has 7 heteroatoms. The zero-order valence-corrected chi connectivity index (χ0v) is 20.4. The van der Waals surface area contributed by atoms with Gasteiger partial charge < -0.3 is 23.7 Å². The third-order valence-corrected chi connectivity index (χ3v) is 7.68. The van der Waals surface area contributed by atoms with E-state index >= 15 is 0 Å². The Morgan fingerprint density at radius 3 is 1.42 bits per heavy atom. The molecule has 1 saturated carbocycles. The van der Waals surface area contributed by atoms with E-state index in [9.17, 15) is 9.59 Å². The lowest BCUT2D eigenvalue weighted by atomic mass is 9.79. The summed E-state index contributed by atoms with van der Waals surface area (Å²) < 4.78 is 27.6. The fourth-order valence-electron chi connectivity index (χ4n) is 5.17. The van der Waals surface area contributed by atoms with Crippen LogP contribution in [0.4, 0.5) is 0 Å². The van der Waals surface area contributed by atoms with Crippen molar-refractivity contribution < 1.29 is 33.3 Å². The van der Waals surface area contributed by atoms with Gasteiger partial charge in [0.15, 0.2) is 0 Å². The number of fused-ring (bicyclic) bond motifs is 1. The SMILES string of the molecule is CC1OC1CCCCCCOC(=O)C1CC2OC2CC1C(=O)OCCCCCCC1OC1C. The van der Waals surface area contributed by atoms with Crippen LogP contribution in [0.3, 0.4) is 0 Å². The summed E-state index contributed by atoms with van der Waals surface area (Å²) in [6.07, 6.45) is 13.8. The lowest BCUT2D eigenvalue weighted by Crippen LogP contribution is -2.37. The van der Waals surface area contributed by atoms with Gasteiger partial charge in [0.05, 0.1) is 61.7 Å². The summed E-state index contributed by atoms with van der Waals surface area (Å²) >= 11 is 0. The minimum Gasteiger partial charge on any atom is -0.465 e. The number of unbranched alkanes of at least 4 members (excludes halogenated alkanes) is 6. The van der Waals surface area contributed by atoms with E-state index in [1.165, 1.54) is 0 Å². The van der Waals surface area contributed by atoms with E-state index in [0.717, 1.165) is 64.2 Å². The van der Waals surface area contributed by atoms with E-state index in [1.54, 1.807) is 0 Å². The molecule has 3 heterocycles. The lowest BCUT2D eigenvalue weighted by molar-refractivity contribution is -0.162. The Morgan fingerprint density at radius 1 is 0.636 bits per heavy atom.